The van der Waals surface area contributed by atoms with Crippen LogP contribution < -0.4 is 0 Å². The van der Waals surface area contributed by atoms with Crippen molar-refractivity contribution in [3.8, 4) is 27.5 Å². The van der Waals surface area contributed by atoms with Crippen LogP contribution in [0.5, 0.6) is 0 Å². The maximum Gasteiger partial charge on any atom is 0.143 e. The highest BCUT2D eigenvalue weighted by Gasteiger charge is 2.16. The Kier molecular flexibility index (Phi) is 3.51. The van der Waals surface area contributed by atoms with Crippen LogP contribution in [0.15, 0.2) is 54.3 Å². The number of hydrogen-bond donors (Lipinski definition) is 1. The topological polar surface area (TPSA) is 85.2 Å². The van der Waals surface area contributed by atoms with Crippen LogP contribution in [-0.2, 0) is 0 Å². The Morgan fingerprint density at radius 3 is 3.00 bits per heavy atom. The van der Waals surface area contributed by atoms with E-state index in [0.717, 1.165) is 38.4 Å². The molecular weight excluding hydrogens is 370 g/mol. The Bertz CT molecular complexity index is 1210. The molecule has 1 N–H and O–H groups in total. The summed E-state index contributed by atoms with van der Waals surface area (Å²) in [5.41, 5.74) is 4.50. The average Bonchev–Trinajstić information content (AvgIpc) is 3.41. The van der Waals surface area contributed by atoms with Gasteiger partial charge >= 0.3 is 0 Å². The van der Waals surface area contributed by atoms with Gasteiger partial charge in [-0.25, -0.2) is 4.98 Å². The van der Waals surface area contributed by atoms with E-state index in [1.54, 1.807) is 10.9 Å². The lowest BCUT2D eigenvalue weighted by molar-refractivity contribution is 0.790. The minimum absolute atomic E-state index is 0.601. The fourth-order valence-corrected chi connectivity index (χ4v) is 4.02. The minimum atomic E-state index is 0.601. The Morgan fingerprint density at radius 1 is 1.15 bits per heavy atom. The van der Waals surface area contributed by atoms with Crippen molar-refractivity contribution in [1.82, 2.24) is 35.4 Å². The summed E-state index contributed by atoms with van der Waals surface area (Å²) >= 11 is 8.00. The molecule has 26 heavy (non-hydrogen) atoms. The largest absolute Gasteiger partial charge is 0.278 e. The second kappa shape index (κ2) is 6.01. The van der Waals surface area contributed by atoms with Gasteiger partial charge < -0.3 is 0 Å². The van der Waals surface area contributed by atoms with E-state index in [9.17, 15) is 0 Å². The highest BCUT2D eigenvalue weighted by atomic mass is 35.5. The van der Waals surface area contributed by atoms with Gasteiger partial charge in [-0.15, -0.1) is 16.4 Å². The molecule has 0 amide bonds. The molecule has 0 saturated heterocycles. The molecule has 0 aliphatic carbocycles. The number of thiazole rings is 1. The molecule has 126 valence electrons. The van der Waals surface area contributed by atoms with Gasteiger partial charge in [-0.1, -0.05) is 23.7 Å². The second-order valence-electron chi connectivity index (χ2n) is 5.60. The molecule has 3 heterocycles. The quantitative estimate of drug-likeness (QED) is 0.512. The highest BCUT2D eigenvalue weighted by Crippen LogP contribution is 2.37. The lowest BCUT2D eigenvalue weighted by Gasteiger charge is -2.07. The fraction of sp³-hybridized carbons (Fsp3) is 0. The molecule has 5 rings (SSSR count). The summed E-state index contributed by atoms with van der Waals surface area (Å²) in [6, 6.07) is 11.7. The molecule has 0 aliphatic rings. The first kappa shape index (κ1) is 15.2. The van der Waals surface area contributed by atoms with Crippen LogP contribution in [-0.4, -0.2) is 35.4 Å². The first-order valence-corrected chi connectivity index (χ1v) is 8.96. The predicted molar refractivity (Wildman–Crippen MR) is 100 cm³/mol. The smallest absolute Gasteiger partial charge is 0.143 e. The predicted octanol–water partition coefficient (Wildman–Crippen LogP) is 3.98. The molecule has 0 spiro atoms. The van der Waals surface area contributed by atoms with Crippen molar-refractivity contribution in [2.24, 2.45) is 0 Å². The van der Waals surface area contributed by atoms with Gasteiger partial charge in [0.25, 0.3) is 0 Å². The number of nitrogens with zero attached hydrogens (tertiary/aromatic N) is 6. The lowest BCUT2D eigenvalue weighted by atomic mass is 10.1. The van der Waals surface area contributed by atoms with Gasteiger partial charge in [-0.2, -0.15) is 9.78 Å². The number of aromatic nitrogens is 7. The zero-order valence-electron chi connectivity index (χ0n) is 13.2. The van der Waals surface area contributed by atoms with E-state index >= 15 is 0 Å². The first-order valence-electron chi connectivity index (χ1n) is 7.71. The van der Waals surface area contributed by atoms with Crippen LogP contribution in [0.2, 0.25) is 5.02 Å². The van der Waals surface area contributed by atoms with Crippen molar-refractivity contribution >= 4 is 33.8 Å². The number of nitrogens with one attached hydrogen (secondary N) is 1. The standard InChI is InChI=1S/C17H10ClN7S/c18-12-2-1-3-15(25-9-20-23-24-25)16(12)17-21-14(8-26-17)10-4-5-13-11(6-10)7-19-22-13/h1-9H,(H,19,22). The van der Waals surface area contributed by atoms with Gasteiger partial charge in [0.1, 0.15) is 11.3 Å². The van der Waals surface area contributed by atoms with Gasteiger partial charge in [-0.05, 0) is 34.7 Å². The third-order valence-electron chi connectivity index (χ3n) is 4.04. The van der Waals surface area contributed by atoms with E-state index in [4.69, 9.17) is 16.6 Å². The van der Waals surface area contributed by atoms with E-state index in [-0.39, 0.29) is 0 Å². The van der Waals surface area contributed by atoms with E-state index in [0.29, 0.717) is 5.02 Å². The molecule has 2 aromatic carbocycles. The third kappa shape index (κ3) is 2.47. The molecule has 0 saturated carbocycles. The van der Waals surface area contributed by atoms with Gasteiger partial charge in [0.05, 0.1) is 33.7 Å². The zero-order chi connectivity index (χ0) is 17.5. The van der Waals surface area contributed by atoms with Crippen LogP contribution >= 0.6 is 22.9 Å². The zero-order valence-corrected chi connectivity index (χ0v) is 14.7. The SMILES string of the molecule is Clc1cccc(-n2cnnn2)c1-c1nc(-c2ccc3[nH]ncc3c2)cs1. The lowest BCUT2D eigenvalue weighted by Crippen LogP contribution is -1.98. The number of benzene rings is 2. The number of tetrazole rings is 1. The van der Waals surface area contributed by atoms with Crippen molar-refractivity contribution in [3.63, 3.8) is 0 Å². The molecule has 0 bridgehead atoms. The summed E-state index contributed by atoms with van der Waals surface area (Å²) in [6.45, 7) is 0. The first-order chi connectivity index (χ1) is 12.8. The summed E-state index contributed by atoms with van der Waals surface area (Å²) in [5.74, 6) is 0. The molecule has 0 atom stereocenters. The van der Waals surface area contributed by atoms with Gasteiger partial charge in [-0.3, -0.25) is 5.10 Å². The van der Waals surface area contributed by atoms with Gasteiger partial charge in [0.2, 0.25) is 0 Å². The fourth-order valence-electron chi connectivity index (χ4n) is 2.81. The number of rotatable bonds is 3. The molecule has 7 nitrogen and oxygen atoms in total. The molecule has 3 aromatic heterocycles. The van der Waals surface area contributed by atoms with Crippen LogP contribution in [0.3, 0.4) is 0 Å². The Balaban J connectivity index is 1.63. The molecule has 0 radical (unpaired) electrons. The highest BCUT2D eigenvalue weighted by molar-refractivity contribution is 7.13. The molecular formula is C17H10ClN7S. The van der Waals surface area contributed by atoms with E-state index in [1.807, 2.05) is 35.7 Å². The number of aromatic amines is 1. The normalized spacial score (nSPS) is 11.3. The van der Waals surface area contributed by atoms with Crippen molar-refractivity contribution in [3.05, 3.63) is 59.3 Å². The van der Waals surface area contributed by atoms with Crippen molar-refractivity contribution in [2.45, 2.75) is 0 Å². The second-order valence-corrected chi connectivity index (χ2v) is 6.86. The Hall–Kier alpha value is -3.10. The summed E-state index contributed by atoms with van der Waals surface area (Å²) in [7, 11) is 0. The van der Waals surface area contributed by atoms with Crippen LogP contribution in [0, 0.1) is 0 Å². The molecule has 0 fully saturated rings. The summed E-state index contributed by atoms with van der Waals surface area (Å²) in [5, 5.41) is 22.9. The molecule has 0 aliphatic heterocycles. The number of hydrogen-bond acceptors (Lipinski definition) is 6. The molecule has 0 unspecified atom stereocenters. The van der Waals surface area contributed by atoms with Crippen molar-refractivity contribution in [1.29, 1.82) is 0 Å². The van der Waals surface area contributed by atoms with E-state index < -0.39 is 0 Å². The van der Waals surface area contributed by atoms with Crippen molar-refractivity contribution in [2.75, 3.05) is 0 Å². The monoisotopic (exact) mass is 379 g/mol. The van der Waals surface area contributed by atoms with Gasteiger partial charge in [0.15, 0.2) is 0 Å². The Morgan fingerprint density at radius 2 is 2.12 bits per heavy atom. The average molecular weight is 380 g/mol. The summed E-state index contributed by atoms with van der Waals surface area (Å²) in [4.78, 5) is 4.79. The van der Waals surface area contributed by atoms with Crippen LogP contribution in [0.1, 0.15) is 0 Å². The summed E-state index contributed by atoms with van der Waals surface area (Å²) < 4.78 is 1.58. The third-order valence-corrected chi connectivity index (χ3v) is 5.22. The van der Waals surface area contributed by atoms with E-state index in [2.05, 4.69) is 31.8 Å². The van der Waals surface area contributed by atoms with Crippen molar-refractivity contribution < 1.29 is 0 Å². The number of fused-ring (bicyclic) bond motifs is 1. The Labute approximate surface area is 156 Å². The maximum atomic E-state index is 6.47. The minimum Gasteiger partial charge on any atom is -0.278 e. The number of halogens is 1. The van der Waals surface area contributed by atoms with Crippen LogP contribution in [0.4, 0.5) is 0 Å². The van der Waals surface area contributed by atoms with Crippen LogP contribution in [0.25, 0.3) is 38.4 Å². The van der Waals surface area contributed by atoms with Gasteiger partial charge in [0, 0.05) is 16.3 Å². The molecule has 9 heteroatoms. The maximum absolute atomic E-state index is 6.47. The van der Waals surface area contributed by atoms with E-state index in [1.165, 1.54) is 17.7 Å². The number of H-pyrrole nitrogens is 1. The summed E-state index contributed by atoms with van der Waals surface area (Å²) in [6.07, 6.45) is 3.34. The molecule has 5 aromatic rings.